The fourth-order valence-corrected chi connectivity index (χ4v) is 2.05. The Morgan fingerprint density at radius 2 is 2.06 bits per heavy atom. The van der Waals surface area contributed by atoms with Crippen molar-refractivity contribution < 1.29 is 4.39 Å². The van der Waals surface area contributed by atoms with Crippen LogP contribution in [0.4, 0.5) is 10.1 Å². The molecule has 1 atom stereocenters. The highest BCUT2D eigenvalue weighted by atomic mass is 19.1. The zero-order valence-electron chi connectivity index (χ0n) is 11.0. The molecule has 0 bridgehead atoms. The Bertz CT molecular complexity index is 350. The molecule has 0 amide bonds. The van der Waals surface area contributed by atoms with Gasteiger partial charge >= 0.3 is 0 Å². The van der Waals surface area contributed by atoms with Crippen LogP contribution >= 0.6 is 0 Å². The second-order valence-electron chi connectivity index (χ2n) is 4.39. The van der Waals surface area contributed by atoms with Gasteiger partial charge in [-0.2, -0.15) is 0 Å². The minimum atomic E-state index is -0.276. The maximum atomic E-state index is 13.8. The number of hydrogen-bond donors (Lipinski definition) is 1. The van der Waals surface area contributed by atoms with Crippen LogP contribution in [0.25, 0.3) is 0 Å². The van der Waals surface area contributed by atoms with Crippen LogP contribution in [0.2, 0.25) is 0 Å². The Morgan fingerprint density at radius 3 is 2.59 bits per heavy atom. The zero-order chi connectivity index (χ0) is 12.8. The Hall–Kier alpha value is -1.09. The van der Waals surface area contributed by atoms with Crippen molar-refractivity contribution in [2.45, 2.75) is 39.7 Å². The lowest BCUT2D eigenvalue weighted by molar-refractivity contribution is 0.590. The number of nitrogens with two attached hydrogens (primary N) is 1. The van der Waals surface area contributed by atoms with Crippen LogP contribution in [0.15, 0.2) is 18.2 Å². The van der Waals surface area contributed by atoms with Crippen LogP contribution in [0.1, 0.15) is 45.2 Å². The summed E-state index contributed by atoms with van der Waals surface area (Å²) in [5, 5.41) is 0. The molecule has 96 valence electrons. The first-order valence-electron chi connectivity index (χ1n) is 6.40. The van der Waals surface area contributed by atoms with Crippen LogP contribution in [-0.2, 0) is 0 Å². The molecule has 0 unspecified atom stereocenters. The van der Waals surface area contributed by atoms with Gasteiger partial charge in [0.1, 0.15) is 5.82 Å². The van der Waals surface area contributed by atoms with Gasteiger partial charge in [0, 0.05) is 30.4 Å². The molecule has 0 aliphatic rings. The van der Waals surface area contributed by atoms with Gasteiger partial charge in [-0.3, -0.25) is 0 Å². The van der Waals surface area contributed by atoms with Gasteiger partial charge < -0.3 is 10.6 Å². The fraction of sp³-hybridized carbons (Fsp3) is 0.571. The topological polar surface area (TPSA) is 29.3 Å². The second-order valence-corrected chi connectivity index (χ2v) is 4.39. The van der Waals surface area contributed by atoms with E-state index < -0.39 is 0 Å². The largest absolute Gasteiger partial charge is 0.371 e. The normalized spacial score (nSPS) is 12.5. The van der Waals surface area contributed by atoms with E-state index in [2.05, 4.69) is 18.7 Å². The van der Waals surface area contributed by atoms with E-state index in [9.17, 15) is 4.39 Å². The second kappa shape index (κ2) is 6.60. The van der Waals surface area contributed by atoms with Crippen LogP contribution in [0, 0.1) is 5.82 Å². The lowest BCUT2D eigenvalue weighted by atomic mass is 10.0. The molecular weight excluding hydrogens is 215 g/mol. The number of benzene rings is 1. The molecule has 0 spiro atoms. The molecule has 2 N–H and O–H groups in total. The molecule has 0 aromatic heterocycles. The smallest absolute Gasteiger partial charge is 0.130 e. The van der Waals surface area contributed by atoms with Gasteiger partial charge in [0.25, 0.3) is 0 Å². The molecule has 1 rings (SSSR count). The van der Waals surface area contributed by atoms with Gasteiger partial charge in [-0.15, -0.1) is 0 Å². The third kappa shape index (κ3) is 3.43. The first-order chi connectivity index (χ1) is 8.11. The standard InChI is InChI=1S/C14H23FN2/c1-4-6-10-17(5-2)13-9-7-8-12(15)14(13)11(3)16/h7-9,11H,4-6,10,16H2,1-3H3/t11-/m1/s1. The fourth-order valence-electron chi connectivity index (χ4n) is 2.05. The highest BCUT2D eigenvalue weighted by Crippen LogP contribution is 2.28. The summed E-state index contributed by atoms with van der Waals surface area (Å²) in [6, 6.07) is 4.92. The molecule has 3 heteroatoms. The van der Waals surface area contributed by atoms with Crippen LogP contribution < -0.4 is 10.6 Å². The van der Waals surface area contributed by atoms with Crippen molar-refractivity contribution in [2.75, 3.05) is 18.0 Å². The first-order valence-corrected chi connectivity index (χ1v) is 6.40. The molecule has 17 heavy (non-hydrogen) atoms. The number of rotatable bonds is 6. The summed E-state index contributed by atoms with van der Waals surface area (Å²) in [4.78, 5) is 2.20. The highest BCUT2D eigenvalue weighted by Gasteiger charge is 2.16. The van der Waals surface area contributed by atoms with E-state index in [1.807, 2.05) is 13.0 Å². The van der Waals surface area contributed by atoms with Crippen LogP contribution in [0.5, 0.6) is 0 Å². The van der Waals surface area contributed by atoms with Gasteiger partial charge in [0.15, 0.2) is 0 Å². The van der Waals surface area contributed by atoms with E-state index in [-0.39, 0.29) is 11.9 Å². The molecule has 0 aliphatic carbocycles. The molecule has 2 nitrogen and oxygen atoms in total. The number of halogens is 1. The van der Waals surface area contributed by atoms with Crippen molar-refractivity contribution in [3.05, 3.63) is 29.6 Å². The van der Waals surface area contributed by atoms with Crippen molar-refractivity contribution in [2.24, 2.45) is 5.73 Å². The monoisotopic (exact) mass is 238 g/mol. The van der Waals surface area contributed by atoms with E-state index >= 15 is 0 Å². The van der Waals surface area contributed by atoms with Crippen molar-refractivity contribution in [3.8, 4) is 0 Å². The van der Waals surface area contributed by atoms with Crippen molar-refractivity contribution in [1.29, 1.82) is 0 Å². The minimum absolute atomic E-state index is 0.201. The molecule has 0 radical (unpaired) electrons. The molecule has 0 heterocycles. The van der Waals surface area contributed by atoms with Gasteiger partial charge in [-0.25, -0.2) is 4.39 Å². The number of hydrogen-bond acceptors (Lipinski definition) is 2. The predicted octanol–water partition coefficient (Wildman–Crippen LogP) is 3.47. The number of anilines is 1. The number of unbranched alkanes of at least 4 members (excludes halogenated alkanes) is 1. The summed E-state index contributed by atoms with van der Waals surface area (Å²) in [6.07, 6.45) is 2.25. The van der Waals surface area contributed by atoms with E-state index in [0.717, 1.165) is 31.6 Å². The van der Waals surface area contributed by atoms with E-state index in [1.54, 1.807) is 6.07 Å². The Kier molecular flexibility index (Phi) is 5.42. The van der Waals surface area contributed by atoms with E-state index in [4.69, 9.17) is 5.73 Å². The van der Waals surface area contributed by atoms with Gasteiger partial charge in [-0.1, -0.05) is 19.4 Å². The number of nitrogens with zero attached hydrogens (tertiary/aromatic N) is 1. The SMILES string of the molecule is CCCCN(CC)c1cccc(F)c1[C@@H](C)N. The average molecular weight is 238 g/mol. The lowest BCUT2D eigenvalue weighted by Crippen LogP contribution is -2.26. The van der Waals surface area contributed by atoms with Crippen LogP contribution in [0.3, 0.4) is 0 Å². The Labute approximate surface area is 104 Å². The first kappa shape index (κ1) is 14.0. The molecule has 0 aliphatic heterocycles. The van der Waals surface area contributed by atoms with Crippen molar-refractivity contribution in [1.82, 2.24) is 0 Å². The maximum Gasteiger partial charge on any atom is 0.130 e. The third-order valence-electron chi connectivity index (χ3n) is 2.99. The van der Waals surface area contributed by atoms with E-state index in [0.29, 0.717) is 5.56 Å². The predicted molar refractivity (Wildman–Crippen MR) is 71.8 cm³/mol. The lowest BCUT2D eigenvalue weighted by Gasteiger charge is -2.27. The van der Waals surface area contributed by atoms with Gasteiger partial charge in [-0.05, 0) is 32.4 Å². The molecule has 0 fully saturated rings. The van der Waals surface area contributed by atoms with Gasteiger partial charge in [0.05, 0.1) is 0 Å². The molecule has 1 aromatic carbocycles. The summed E-state index contributed by atoms with van der Waals surface area (Å²) >= 11 is 0. The molecular formula is C14H23FN2. The molecule has 1 aromatic rings. The van der Waals surface area contributed by atoms with Crippen molar-refractivity contribution in [3.63, 3.8) is 0 Å². The molecule has 0 saturated heterocycles. The average Bonchev–Trinajstić information content (AvgIpc) is 2.29. The maximum absolute atomic E-state index is 13.8. The Morgan fingerprint density at radius 1 is 1.35 bits per heavy atom. The molecule has 0 saturated carbocycles. The zero-order valence-corrected chi connectivity index (χ0v) is 11.0. The van der Waals surface area contributed by atoms with Crippen molar-refractivity contribution >= 4 is 5.69 Å². The van der Waals surface area contributed by atoms with Gasteiger partial charge in [0.2, 0.25) is 0 Å². The van der Waals surface area contributed by atoms with E-state index in [1.165, 1.54) is 6.07 Å². The Balaban J connectivity index is 3.05. The quantitative estimate of drug-likeness (QED) is 0.822. The summed E-state index contributed by atoms with van der Waals surface area (Å²) in [6.45, 7) is 7.91. The third-order valence-corrected chi connectivity index (χ3v) is 2.99. The van der Waals surface area contributed by atoms with Crippen LogP contribution in [-0.4, -0.2) is 13.1 Å². The minimum Gasteiger partial charge on any atom is -0.371 e. The summed E-state index contributed by atoms with van der Waals surface area (Å²) in [7, 11) is 0. The summed E-state index contributed by atoms with van der Waals surface area (Å²) < 4.78 is 13.8. The summed E-state index contributed by atoms with van der Waals surface area (Å²) in [5.41, 5.74) is 7.44. The summed E-state index contributed by atoms with van der Waals surface area (Å²) in [5.74, 6) is -0.201. The highest BCUT2D eigenvalue weighted by molar-refractivity contribution is 5.55.